The second-order valence-electron chi connectivity index (χ2n) is 1.43. The van der Waals surface area contributed by atoms with Crippen molar-refractivity contribution in [1.82, 2.24) is 0 Å². The molecular formula is C4H6O6. The summed E-state index contributed by atoms with van der Waals surface area (Å²) < 4.78 is 0. The van der Waals surface area contributed by atoms with Crippen molar-refractivity contribution in [1.29, 1.82) is 0 Å². The summed E-state index contributed by atoms with van der Waals surface area (Å²) >= 11 is 0. The number of hydrogen-bond donors (Lipinski definition) is 2. The number of aliphatic hydroxyl groups is 1. The maximum Gasteiger partial charge on any atom is 0.547 e. The van der Waals surface area contributed by atoms with Gasteiger partial charge in [0, 0.05) is 0 Å². The molecule has 1 unspecified atom stereocenters. The molecule has 0 fully saturated rings. The van der Waals surface area contributed by atoms with Gasteiger partial charge in [0.25, 0.3) is 0 Å². The van der Waals surface area contributed by atoms with Crippen LogP contribution in [0, 0.1) is 0 Å². The molecule has 0 rings (SSSR count). The van der Waals surface area contributed by atoms with Crippen molar-refractivity contribution in [3.8, 4) is 0 Å². The third kappa shape index (κ3) is 3.67. The zero-order valence-corrected chi connectivity index (χ0v) is 5.10. The fraction of sp³-hybridized carbons (Fsp3) is 0.500. The molecule has 10 heavy (non-hydrogen) atoms. The lowest BCUT2D eigenvalue weighted by Gasteiger charge is -1.99. The second kappa shape index (κ2) is 3.67. The first-order chi connectivity index (χ1) is 4.54. The van der Waals surface area contributed by atoms with Gasteiger partial charge in [-0.1, -0.05) is 0 Å². The largest absolute Gasteiger partial charge is 0.547 e. The Morgan fingerprint density at radius 2 is 1.90 bits per heavy atom. The fourth-order valence-corrected chi connectivity index (χ4v) is 0.146. The third-order valence-electron chi connectivity index (χ3n) is 0.536. The maximum absolute atomic E-state index is 10.2. The van der Waals surface area contributed by atoms with E-state index in [1.54, 1.807) is 0 Å². The highest BCUT2D eigenvalue weighted by Crippen LogP contribution is 1.87. The summed E-state index contributed by atoms with van der Waals surface area (Å²) in [4.78, 5) is 26.7. The van der Waals surface area contributed by atoms with Gasteiger partial charge >= 0.3 is 12.1 Å². The Labute approximate surface area is 55.9 Å². The number of rotatable bonds is 1. The van der Waals surface area contributed by atoms with E-state index < -0.39 is 18.2 Å². The zero-order valence-electron chi connectivity index (χ0n) is 5.10. The van der Waals surface area contributed by atoms with Crippen molar-refractivity contribution in [2.75, 3.05) is 0 Å². The Morgan fingerprint density at radius 1 is 1.40 bits per heavy atom. The van der Waals surface area contributed by atoms with Gasteiger partial charge in [-0.2, -0.15) is 0 Å². The minimum Gasteiger partial charge on any atom is -0.447 e. The van der Waals surface area contributed by atoms with Crippen LogP contribution in [-0.4, -0.2) is 28.4 Å². The van der Waals surface area contributed by atoms with Crippen LogP contribution in [0.25, 0.3) is 0 Å². The first kappa shape index (κ1) is 8.70. The van der Waals surface area contributed by atoms with Crippen LogP contribution in [-0.2, 0) is 14.6 Å². The van der Waals surface area contributed by atoms with Crippen LogP contribution in [0.5, 0.6) is 0 Å². The van der Waals surface area contributed by atoms with Gasteiger partial charge in [0.05, 0.1) is 0 Å². The summed E-state index contributed by atoms with van der Waals surface area (Å²) in [6, 6.07) is 0. The van der Waals surface area contributed by atoms with Crippen LogP contribution >= 0.6 is 0 Å². The van der Waals surface area contributed by atoms with Gasteiger partial charge in [-0.25, -0.2) is 19.4 Å². The zero-order chi connectivity index (χ0) is 8.15. The van der Waals surface area contributed by atoms with E-state index in [9.17, 15) is 9.59 Å². The molecule has 6 heteroatoms. The molecule has 1 atom stereocenters. The van der Waals surface area contributed by atoms with E-state index in [0.29, 0.717) is 0 Å². The van der Waals surface area contributed by atoms with Crippen LogP contribution in [0.4, 0.5) is 4.79 Å². The number of carbonyl (C=O) groups excluding carboxylic acids is 1. The van der Waals surface area contributed by atoms with Crippen LogP contribution < -0.4 is 0 Å². The Kier molecular flexibility index (Phi) is 3.20. The van der Waals surface area contributed by atoms with Gasteiger partial charge in [0.15, 0.2) is 6.10 Å². The van der Waals surface area contributed by atoms with Gasteiger partial charge in [-0.05, 0) is 6.92 Å². The maximum atomic E-state index is 10.2. The molecule has 0 saturated heterocycles. The van der Waals surface area contributed by atoms with Crippen LogP contribution in [0.1, 0.15) is 6.92 Å². The SMILES string of the molecule is CC(O)C(=O)OOC(=O)O. The van der Waals surface area contributed by atoms with Crippen LogP contribution in [0.2, 0.25) is 0 Å². The topological polar surface area (TPSA) is 93.1 Å². The highest BCUT2D eigenvalue weighted by atomic mass is 17.2. The van der Waals surface area contributed by atoms with Gasteiger partial charge in [0.1, 0.15) is 0 Å². The van der Waals surface area contributed by atoms with E-state index in [0.717, 1.165) is 6.92 Å². The molecule has 0 saturated carbocycles. The first-order valence-electron chi connectivity index (χ1n) is 2.33. The summed E-state index contributed by atoms with van der Waals surface area (Å²) in [6.45, 7) is 1.12. The van der Waals surface area contributed by atoms with Gasteiger partial charge < -0.3 is 10.2 Å². The second-order valence-corrected chi connectivity index (χ2v) is 1.43. The van der Waals surface area contributed by atoms with Gasteiger partial charge in [-0.15, -0.1) is 0 Å². The monoisotopic (exact) mass is 150 g/mol. The van der Waals surface area contributed by atoms with Gasteiger partial charge in [-0.3, -0.25) is 0 Å². The molecule has 0 radical (unpaired) electrons. The number of aliphatic hydroxyl groups excluding tert-OH is 1. The fourth-order valence-electron chi connectivity index (χ4n) is 0.146. The third-order valence-corrected chi connectivity index (χ3v) is 0.536. The van der Waals surface area contributed by atoms with E-state index in [1.165, 1.54) is 0 Å². The molecule has 0 amide bonds. The van der Waals surface area contributed by atoms with Crippen molar-refractivity contribution in [2.45, 2.75) is 13.0 Å². The number of carbonyl (C=O) groups is 2. The molecule has 0 aliphatic heterocycles. The van der Waals surface area contributed by atoms with E-state index >= 15 is 0 Å². The van der Waals surface area contributed by atoms with Crippen LogP contribution in [0.15, 0.2) is 0 Å². The number of hydrogen-bond acceptors (Lipinski definition) is 5. The minimum atomic E-state index is -1.74. The van der Waals surface area contributed by atoms with Crippen molar-refractivity contribution < 1.29 is 29.6 Å². The molecule has 0 heterocycles. The molecule has 0 aliphatic rings. The van der Waals surface area contributed by atoms with E-state index in [4.69, 9.17) is 10.2 Å². The van der Waals surface area contributed by atoms with Crippen molar-refractivity contribution in [3.63, 3.8) is 0 Å². The highest BCUT2D eigenvalue weighted by Gasteiger charge is 2.13. The molecule has 0 aromatic heterocycles. The van der Waals surface area contributed by atoms with Crippen molar-refractivity contribution in [3.05, 3.63) is 0 Å². The smallest absolute Gasteiger partial charge is 0.447 e. The van der Waals surface area contributed by atoms with E-state index in [1.807, 2.05) is 0 Å². The average Bonchev–Trinajstić information content (AvgIpc) is 1.82. The lowest BCUT2D eigenvalue weighted by atomic mass is 10.4. The highest BCUT2D eigenvalue weighted by molar-refractivity contribution is 5.74. The molecule has 58 valence electrons. The Hall–Kier alpha value is -1.30. The average molecular weight is 150 g/mol. The normalized spacial score (nSPS) is 11.8. The lowest BCUT2D eigenvalue weighted by Crippen LogP contribution is -2.20. The Balaban J connectivity index is 3.50. The first-order valence-corrected chi connectivity index (χ1v) is 2.33. The Morgan fingerprint density at radius 3 is 2.20 bits per heavy atom. The molecule has 6 nitrogen and oxygen atoms in total. The lowest BCUT2D eigenvalue weighted by molar-refractivity contribution is -0.247. The number of carboxylic acid groups (broad SMARTS) is 1. The van der Waals surface area contributed by atoms with Gasteiger partial charge in [0.2, 0.25) is 0 Å². The summed E-state index contributed by atoms with van der Waals surface area (Å²) in [6.07, 6.45) is -3.13. The quantitative estimate of drug-likeness (QED) is 0.387. The molecule has 0 bridgehead atoms. The summed E-state index contributed by atoms with van der Waals surface area (Å²) in [5.74, 6) is -1.15. The summed E-state index contributed by atoms with van der Waals surface area (Å²) in [7, 11) is 0. The van der Waals surface area contributed by atoms with E-state index in [-0.39, 0.29) is 0 Å². The van der Waals surface area contributed by atoms with E-state index in [2.05, 4.69) is 9.78 Å². The predicted octanol–water partition coefficient (Wildman–Crippen LogP) is -0.480. The Bertz CT molecular complexity index is 139. The van der Waals surface area contributed by atoms with Crippen molar-refractivity contribution in [2.24, 2.45) is 0 Å². The molecular weight excluding hydrogens is 144 g/mol. The van der Waals surface area contributed by atoms with Crippen molar-refractivity contribution >= 4 is 12.1 Å². The molecule has 0 aromatic carbocycles. The molecule has 2 N–H and O–H groups in total. The standard InChI is InChI=1S/C4H6O6/c1-2(5)3(6)9-10-4(7)8/h2,5H,1H3,(H,7,8). The minimum absolute atomic E-state index is 1.12. The summed E-state index contributed by atoms with van der Waals surface area (Å²) in [5, 5.41) is 16.1. The molecule has 0 aliphatic carbocycles. The predicted molar refractivity (Wildman–Crippen MR) is 26.9 cm³/mol. The molecule has 0 spiro atoms. The molecule has 0 aromatic rings. The summed E-state index contributed by atoms with van der Waals surface area (Å²) in [5.41, 5.74) is 0. The van der Waals surface area contributed by atoms with Crippen LogP contribution in [0.3, 0.4) is 0 Å².